The molecule has 0 spiro atoms. The lowest BCUT2D eigenvalue weighted by Crippen LogP contribution is -2.32. The van der Waals surface area contributed by atoms with Crippen LogP contribution in [0.3, 0.4) is 0 Å². The van der Waals surface area contributed by atoms with Crippen molar-refractivity contribution in [2.45, 2.75) is 109 Å². The highest BCUT2D eigenvalue weighted by Gasteiger charge is 2.32. The van der Waals surface area contributed by atoms with E-state index in [2.05, 4.69) is 61.0 Å². The Balaban J connectivity index is 1.56. The Kier molecular flexibility index (Phi) is 9.54. The second-order valence-corrected chi connectivity index (χ2v) is 16.5. The molecule has 238 valence electrons. The van der Waals surface area contributed by atoms with Crippen LogP contribution in [0.15, 0.2) is 53.7 Å². The molecule has 44 heavy (non-hydrogen) atoms. The third-order valence-electron chi connectivity index (χ3n) is 8.35. The van der Waals surface area contributed by atoms with E-state index >= 15 is 0 Å². The van der Waals surface area contributed by atoms with Crippen LogP contribution in [0, 0.1) is 17.3 Å². The number of halogens is 1. The number of nitrogens with one attached hydrogen (secondary N) is 2. The molecule has 1 unspecified atom stereocenters. The van der Waals surface area contributed by atoms with E-state index < -0.39 is 32.9 Å². The fraction of sp³-hybridized carbons (Fsp3) is 0.529. The standard InChI is InChI=1S/C34H46FN5O3S/c1-32(2,3)23-17-19-36-26(20-23)25(14-12-22-16-18-34(7,8)21-22)37-28-10-9-11-29(39-28)44(42,43)40-31(41)24-13-15-27(33(4,5)6)38-30(24)35/h9-11,13,15,17,19-20,22,25H,12,14,16,18,21H2,1-8H3,(H,37,39)(H,40,41)/t22-,25?/m1/s1. The Hall–Kier alpha value is -3.40. The number of rotatable bonds is 9. The molecule has 3 aromatic rings. The molecule has 2 N–H and O–H groups in total. The lowest BCUT2D eigenvalue weighted by atomic mass is 9.86. The molecule has 2 atom stereocenters. The second kappa shape index (κ2) is 12.5. The van der Waals surface area contributed by atoms with Gasteiger partial charge in [0.2, 0.25) is 5.95 Å². The summed E-state index contributed by atoms with van der Waals surface area (Å²) in [4.78, 5) is 25.7. The third-order valence-corrected chi connectivity index (χ3v) is 9.58. The number of hydrogen-bond donors (Lipinski definition) is 2. The van der Waals surface area contributed by atoms with Gasteiger partial charge in [-0.05, 0) is 90.8 Å². The van der Waals surface area contributed by atoms with Crippen LogP contribution in [0.1, 0.15) is 121 Å². The molecule has 8 nitrogen and oxygen atoms in total. The summed E-state index contributed by atoms with van der Waals surface area (Å²) < 4.78 is 43.1. The molecule has 0 saturated heterocycles. The van der Waals surface area contributed by atoms with E-state index in [1.165, 1.54) is 37.5 Å². The SMILES string of the molecule is CC1(C)CC[C@@H](CCC(Nc2cccc(S(=O)(=O)NC(=O)c3ccc(C(C)(C)C)nc3F)n2)c2cc(C(C)(C)C)ccn2)C1. The highest BCUT2D eigenvalue weighted by Crippen LogP contribution is 2.43. The molecule has 0 aromatic carbocycles. The monoisotopic (exact) mass is 623 g/mol. The fourth-order valence-electron chi connectivity index (χ4n) is 5.70. The van der Waals surface area contributed by atoms with Crippen molar-refractivity contribution in [2.75, 3.05) is 5.32 Å². The lowest BCUT2D eigenvalue weighted by molar-refractivity contribution is 0.0976. The maximum atomic E-state index is 14.7. The number of hydrogen-bond acceptors (Lipinski definition) is 7. The van der Waals surface area contributed by atoms with Gasteiger partial charge in [0.25, 0.3) is 15.9 Å². The van der Waals surface area contributed by atoms with Crippen molar-refractivity contribution in [3.05, 3.63) is 77.1 Å². The van der Waals surface area contributed by atoms with E-state index in [-0.39, 0.29) is 16.5 Å². The number of amides is 1. The maximum absolute atomic E-state index is 14.7. The lowest BCUT2D eigenvalue weighted by Gasteiger charge is -2.24. The zero-order chi connectivity index (χ0) is 32.5. The van der Waals surface area contributed by atoms with Crippen LogP contribution in [-0.2, 0) is 20.9 Å². The second-order valence-electron chi connectivity index (χ2n) is 14.8. The zero-order valence-electron chi connectivity index (χ0n) is 27.2. The summed E-state index contributed by atoms with van der Waals surface area (Å²) in [7, 11) is -4.41. The maximum Gasteiger partial charge on any atom is 0.281 e. The van der Waals surface area contributed by atoms with Crippen LogP contribution in [0.25, 0.3) is 0 Å². The van der Waals surface area contributed by atoms with Gasteiger partial charge in [-0.2, -0.15) is 12.8 Å². The Morgan fingerprint density at radius 1 is 1.05 bits per heavy atom. The minimum atomic E-state index is -4.41. The molecule has 4 rings (SSSR count). The molecule has 1 fully saturated rings. The van der Waals surface area contributed by atoms with E-state index in [4.69, 9.17) is 0 Å². The van der Waals surface area contributed by atoms with Crippen molar-refractivity contribution in [1.82, 2.24) is 19.7 Å². The molecule has 1 aliphatic rings. The fourth-order valence-corrected chi connectivity index (χ4v) is 6.64. The van der Waals surface area contributed by atoms with Gasteiger partial charge in [-0.3, -0.25) is 9.78 Å². The van der Waals surface area contributed by atoms with Gasteiger partial charge in [-0.15, -0.1) is 0 Å². The molecular weight excluding hydrogens is 577 g/mol. The number of nitrogens with zero attached hydrogens (tertiary/aromatic N) is 3. The molecule has 3 aromatic heterocycles. The van der Waals surface area contributed by atoms with E-state index in [9.17, 15) is 17.6 Å². The quantitative estimate of drug-likeness (QED) is 0.238. The van der Waals surface area contributed by atoms with Gasteiger partial charge in [0.1, 0.15) is 5.82 Å². The molecule has 1 saturated carbocycles. The van der Waals surface area contributed by atoms with Gasteiger partial charge >= 0.3 is 0 Å². The van der Waals surface area contributed by atoms with Crippen molar-refractivity contribution in [3.8, 4) is 0 Å². The first-order valence-electron chi connectivity index (χ1n) is 15.3. The number of aromatic nitrogens is 3. The highest BCUT2D eigenvalue weighted by atomic mass is 32.2. The molecule has 1 aliphatic carbocycles. The molecule has 0 bridgehead atoms. The van der Waals surface area contributed by atoms with Gasteiger partial charge < -0.3 is 5.32 Å². The average molecular weight is 624 g/mol. The Labute approximate surface area is 261 Å². The van der Waals surface area contributed by atoms with Crippen molar-refractivity contribution < 1.29 is 17.6 Å². The molecule has 0 radical (unpaired) electrons. The summed E-state index contributed by atoms with van der Waals surface area (Å²) in [5.74, 6) is -1.20. The minimum absolute atomic E-state index is 0.0652. The van der Waals surface area contributed by atoms with Crippen molar-refractivity contribution >= 4 is 21.7 Å². The Morgan fingerprint density at radius 2 is 1.77 bits per heavy atom. The van der Waals surface area contributed by atoms with E-state index in [0.717, 1.165) is 24.1 Å². The van der Waals surface area contributed by atoms with Crippen LogP contribution in [0.4, 0.5) is 10.2 Å². The summed E-state index contributed by atoms with van der Waals surface area (Å²) >= 11 is 0. The predicted octanol–water partition coefficient (Wildman–Crippen LogP) is 7.48. The smallest absolute Gasteiger partial charge is 0.281 e. The Morgan fingerprint density at radius 3 is 2.39 bits per heavy atom. The normalized spacial score (nSPS) is 17.7. The largest absolute Gasteiger partial charge is 0.362 e. The van der Waals surface area contributed by atoms with Gasteiger partial charge in [0.05, 0.1) is 17.3 Å². The van der Waals surface area contributed by atoms with Crippen LogP contribution in [0.5, 0.6) is 0 Å². The first-order chi connectivity index (χ1) is 20.3. The summed E-state index contributed by atoms with van der Waals surface area (Å²) in [6, 6.07) is 11.2. The molecule has 0 aliphatic heterocycles. The summed E-state index contributed by atoms with van der Waals surface area (Å²) in [6.45, 7) is 16.7. The van der Waals surface area contributed by atoms with Crippen LogP contribution in [-0.4, -0.2) is 29.3 Å². The van der Waals surface area contributed by atoms with E-state index in [1.54, 1.807) is 12.1 Å². The first-order valence-corrected chi connectivity index (χ1v) is 16.8. The number of sulfonamides is 1. The summed E-state index contributed by atoms with van der Waals surface area (Å²) in [5, 5.41) is 3.07. The summed E-state index contributed by atoms with van der Waals surface area (Å²) in [5.41, 5.74) is 1.85. The van der Waals surface area contributed by atoms with Gasteiger partial charge in [-0.1, -0.05) is 61.5 Å². The van der Waals surface area contributed by atoms with Crippen LogP contribution >= 0.6 is 0 Å². The molecule has 3 heterocycles. The predicted molar refractivity (Wildman–Crippen MR) is 171 cm³/mol. The minimum Gasteiger partial charge on any atom is -0.362 e. The van der Waals surface area contributed by atoms with Crippen molar-refractivity contribution in [1.29, 1.82) is 0 Å². The Bertz CT molecular complexity index is 1610. The first kappa shape index (κ1) is 33.5. The van der Waals surface area contributed by atoms with Crippen LogP contribution in [0.2, 0.25) is 0 Å². The van der Waals surface area contributed by atoms with Crippen molar-refractivity contribution in [3.63, 3.8) is 0 Å². The summed E-state index contributed by atoms with van der Waals surface area (Å²) in [6.07, 6.45) is 7.19. The van der Waals surface area contributed by atoms with E-state index in [1.807, 2.05) is 37.8 Å². The average Bonchev–Trinajstić information content (AvgIpc) is 3.28. The van der Waals surface area contributed by atoms with Gasteiger partial charge in [0.15, 0.2) is 5.03 Å². The number of pyridine rings is 3. The van der Waals surface area contributed by atoms with Crippen molar-refractivity contribution in [2.24, 2.45) is 11.3 Å². The molecule has 1 amide bonds. The number of carbonyl (C=O) groups excluding carboxylic acids is 1. The van der Waals surface area contributed by atoms with E-state index in [0.29, 0.717) is 22.8 Å². The molecule has 10 heteroatoms. The third kappa shape index (κ3) is 8.40. The van der Waals surface area contributed by atoms with Crippen LogP contribution < -0.4 is 10.0 Å². The van der Waals surface area contributed by atoms with Gasteiger partial charge in [0, 0.05) is 17.3 Å². The number of carbonyl (C=O) groups is 1. The number of anilines is 1. The topological polar surface area (TPSA) is 114 Å². The molecular formula is C34H46FN5O3S. The van der Waals surface area contributed by atoms with Gasteiger partial charge in [-0.25, -0.2) is 14.7 Å². The highest BCUT2D eigenvalue weighted by molar-refractivity contribution is 7.90. The zero-order valence-corrected chi connectivity index (χ0v) is 28.0.